The highest BCUT2D eigenvalue weighted by atomic mass is 19.4. The van der Waals surface area contributed by atoms with E-state index in [0.29, 0.717) is 17.9 Å². The molecule has 4 nitrogen and oxygen atoms in total. The van der Waals surface area contributed by atoms with E-state index in [1.807, 2.05) is 35.6 Å². The van der Waals surface area contributed by atoms with Crippen LogP contribution in [0.15, 0.2) is 30.3 Å². The Morgan fingerprint density at radius 3 is 2.43 bits per heavy atom. The molecule has 0 bridgehead atoms. The minimum absolute atomic E-state index is 0.105. The van der Waals surface area contributed by atoms with Crippen LogP contribution in [0.4, 0.5) is 18.9 Å². The maximum absolute atomic E-state index is 12.3. The number of hydrogen-bond acceptors (Lipinski definition) is 2. The van der Waals surface area contributed by atoms with Gasteiger partial charge in [0.2, 0.25) is 0 Å². The summed E-state index contributed by atoms with van der Waals surface area (Å²) in [6, 6.07) is 9.40. The summed E-state index contributed by atoms with van der Waals surface area (Å²) in [7, 11) is 0. The van der Waals surface area contributed by atoms with Gasteiger partial charge >= 0.3 is 12.1 Å². The number of halogens is 3. The van der Waals surface area contributed by atoms with E-state index >= 15 is 0 Å². The lowest BCUT2D eigenvalue weighted by Crippen LogP contribution is -2.30. The zero-order valence-corrected chi connectivity index (χ0v) is 11.5. The lowest BCUT2D eigenvalue weighted by Gasteiger charge is -2.09. The van der Waals surface area contributed by atoms with Gasteiger partial charge in [-0.2, -0.15) is 18.3 Å². The first-order valence-electron chi connectivity index (χ1n) is 6.25. The highest BCUT2D eigenvalue weighted by Crippen LogP contribution is 2.24. The van der Waals surface area contributed by atoms with Gasteiger partial charge in [-0.05, 0) is 19.4 Å². The summed E-state index contributed by atoms with van der Waals surface area (Å²) in [4.78, 5) is 11.0. The number of carbonyl (C=O) groups is 1. The van der Waals surface area contributed by atoms with Gasteiger partial charge in [-0.1, -0.05) is 30.3 Å². The van der Waals surface area contributed by atoms with E-state index < -0.39 is 12.1 Å². The molecule has 1 N–H and O–H groups in total. The monoisotopic (exact) mass is 297 g/mol. The van der Waals surface area contributed by atoms with Crippen LogP contribution in [-0.4, -0.2) is 21.9 Å². The summed E-state index contributed by atoms with van der Waals surface area (Å²) in [5.41, 5.74) is 1.90. The molecule has 7 heteroatoms. The van der Waals surface area contributed by atoms with E-state index in [4.69, 9.17) is 0 Å². The van der Waals surface area contributed by atoms with Crippen molar-refractivity contribution in [2.75, 3.05) is 5.32 Å². The second-order valence-corrected chi connectivity index (χ2v) is 4.64. The summed E-state index contributed by atoms with van der Waals surface area (Å²) >= 11 is 0. The maximum atomic E-state index is 12.3. The van der Waals surface area contributed by atoms with Gasteiger partial charge in [0.05, 0.1) is 23.6 Å². The first-order chi connectivity index (χ1) is 9.79. The van der Waals surface area contributed by atoms with Crippen molar-refractivity contribution in [3.63, 3.8) is 0 Å². The Balaban J connectivity index is 2.24. The summed E-state index contributed by atoms with van der Waals surface area (Å²) < 4.78 is 38.5. The molecule has 0 saturated heterocycles. The lowest BCUT2D eigenvalue weighted by molar-refractivity contribution is -0.167. The van der Waals surface area contributed by atoms with E-state index in [1.165, 1.54) is 0 Å². The molecule has 1 aromatic carbocycles. The number of rotatable bonds is 3. The number of nitrogens with one attached hydrogen (secondary N) is 1. The largest absolute Gasteiger partial charge is 0.471 e. The molecule has 0 atom stereocenters. The van der Waals surface area contributed by atoms with Crippen LogP contribution in [0.1, 0.15) is 17.0 Å². The van der Waals surface area contributed by atoms with E-state index in [9.17, 15) is 18.0 Å². The minimum Gasteiger partial charge on any atom is -0.315 e. The third-order valence-corrected chi connectivity index (χ3v) is 3.05. The van der Waals surface area contributed by atoms with Crippen LogP contribution in [0, 0.1) is 13.8 Å². The fraction of sp³-hybridized carbons (Fsp3) is 0.286. The van der Waals surface area contributed by atoms with Crippen LogP contribution >= 0.6 is 0 Å². The predicted octanol–water partition coefficient (Wildman–Crippen LogP) is 3.05. The number of alkyl halides is 3. The average Bonchev–Trinajstić information content (AvgIpc) is 2.66. The van der Waals surface area contributed by atoms with Gasteiger partial charge in [0.1, 0.15) is 0 Å². The molecule has 2 aromatic rings. The molecule has 1 heterocycles. The van der Waals surface area contributed by atoms with Crippen molar-refractivity contribution in [2.24, 2.45) is 0 Å². The number of anilines is 1. The Labute approximate surface area is 119 Å². The topological polar surface area (TPSA) is 46.9 Å². The fourth-order valence-electron chi connectivity index (χ4n) is 1.97. The summed E-state index contributed by atoms with van der Waals surface area (Å²) in [6.07, 6.45) is -4.92. The van der Waals surface area contributed by atoms with Crippen molar-refractivity contribution in [1.82, 2.24) is 9.78 Å². The number of nitrogens with zero attached hydrogens (tertiary/aromatic N) is 2. The van der Waals surface area contributed by atoms with Crippen LogP contribution in [0.25, 0.3) is 0 Å². The number of hydrogen-bond donors (Lipinski definition) is 1. The minimum atomic E-state index is -4.92. The quantitative estimate of drug-likeness (QED) is 0.946. The fourth-order valence-corrected chi connectivity index (χ4v) is 1.97. The Bertz CT molecular complexity index is 647. The van der Waals surface area contributed by atoms with Crippen molar-refractivity contribution < 1.29 is 18.0 Å². The van der Waals surface area contributed by atoms with Crippen LogP contribution in [0.3, 0.4) is 0 Å². The Kier molecular flexibility index (Phi) is 4.02. The van der Waals surface area contributed by atoms with Crippen LogP contribution < -0.4 is 5.32 Å². The number of aromatic nitrogens is 2. The molecule has 0 fully saturated rings. The molecule has 0 radical (unpaired) electrons. The molecule has 0 aliphatic carbocycles. The van der Waals surface area contributed by atoms with Crippen molar-refractivity contribution in [1.29, 1.82) is 0 Å². The van der Waals surface area contributed by atoms with E-state index in [1.54, 1.807) is 18.5 Å². The SMILES string of the molecule is Cc1nn(Cc2ccccc2)c(C)c1NC(=O)C(F)(F)F. The van der Waals surface area contributed by atoms with Gasteiger partial charge in [0.15, 0.2) is 0 Å². The second kappa shape index (κ2) is 5.59. The number of carbonyl (C=O) groups excluding carboxylic acids is 1. The third-order valence-electron chi connectivity index (χ3n) is 3.05. The van der Waals surface area contributed by atoms with Gasteiger partial charge < -0.3 is 5.32 Å². The normalized spacial score (nSPS) is 11.5. The summed E-state index contributed by atoms with van der Waals surface area (Å²) in [5.74, 6) is -1.99. The molecule has 1 amide bonds. The molecule has 0 spiro atoms. The summed E-state index contributed by atoms with van der Waals surface area (Å²) in [5, 5.41) is 6.05. The van der Waals surface area contributed by atoms with Crippen molar-refractivity contribution in [3.8, 4) is 0 Å². The molecule has 21 heavy (non-hydrogen) atoms. The highest BCUT2D eigenvalue weighted by Gasteiger charge is 2.39. The number of amides is 1. The Morgan fingerprint density at radius 1 is 1.24 bits per heavy atom. The molecule has 0 aliphatic rings. The van der Waals surface area contributed by atoms with Crippen molar-refractivity contribution in [2.45, 2.75) is 26.6 Å². The number of aryl methyl sites for hydroxylation is 1. The standard InChI is InChI=1S/C14H14F3N3O/c1-9-12(18-13(21)14(15,16)17)10(2)20(19-9)8-11-6-4-3-5-7-11/h3-7H,8H2,1-2H3,(H,18,21). The lowest BCUT2D eigenvalue weighted by atomic mass is 10.2. The number of benzene rings is 1. The van der Waals surface area contributed by atoms with Gasteiger partial charge in [-0.25, -0.2) is 0 Å². The van der Waals surface area contributed by atoms with Gasteiger partial charge in [0, 0.05) is 0 Å². The third kappa shape index (κ3) is 3.42. The molecule has 0 aliphatic heterocycles. The van der Waals surface area contributed by atoms with Crippen LogP contribution in [-0.2, 0) is 11.3 Å². The van der Waals surface area contributed by atoms with E-state index in [0.717, 1.165) is 5.56 Å². The van der Waals surface area contributed by atoms with Gasteiger partial charge in [-0.3, -0.25) is 9.48 Å². The van der Waals surface area contributed by atoms with Gasteiger partial charge in [0.25, 0.3) is 0 Å². The zero-order valence-electron chi connectivity index (χ0n) is 11.5. The van der Waals surface area contributed by atoms with Crippen molar-refractivity contribution in [3.05, 3.63) is 47.3 Å². The van der Waals surface area contributed by atoms with Gasteiger partial charge in [-0.15, -0.1) is 0 Å². The van der Waals surface area contributed by atoms with Crippen molar-refractivity contribution >= 4 is 11.6 Å². The second-order valence-electron chi connectivity index (χ2n) is 4.64. The molecule has 1 aromatic heterocycles. The first kappa shape index (κ1) is 15.1. The molecule has 0 saturated carbocycles. The molecule has 2 rings (SSSR count). The smallest absolute Gasteiger partial charge is 0.315 e. The van der Waals surface area contributed by atoms with E-state index in [2.05, 4.69) is 5.10 Å². The maximum Gasteiger partial charge on any atom is 0.471 e. The molecular formula is C14H14F3N3O. The molecule has 112 valence electrons. The summed E-state index contributed by atoms with van der Waals surface area (Å²) in [6.45, 7) is 3.60. The van der Waals surface area contributed by atoms with Crippen LogP contribution in [0.5, 0.6) is 0 Å². The molecular weight excluding hydrogens is 283 g/mol. The van der Waals surface area contributed by atoms with Crippen LogP contribution in [0.2, 0.25) is 0 Å². The Hall–Kier alpha value is -2.31. The average molecular weight is 297 g/mol. The first-order valence-corrected chi connectivity index (χ1v) is 6.25. The molecule has 0 unspecified atom stereocenters. The zero-order chi connectivity index (χ0) is 15.6. The predicted molar refractivity (Wildman–Crippen MR) is 71.9 cm³/mol. The Morgan fingerprint density at radius 2 is 1.86 bits per heavy atom. The van der Waals surface area contributed by atoms with E-state index in [-0.39, 0.29) is 5.69 Å². The highest BCUT2D eigenvalue weighted by molar-refractivity contribution is 5.95.